The lowest BCUT2D eigenvalue weighted by atomic mass is 10.0. The van der Waals surface area contributed by atoms with E-state index in [1.807, 2.05) is 61.7 Å². The zero-order chi connectivity index (χ0) is 25.4. The van der Waals surface area contributed by atoms with Gasteiger partial charge in [-0.25, -0.2) is 4.79 Å². The number of methoxy groups -OCH3 is 1. The monoisotopic (exact) mass is 508 g/mol. The minimum absolute atomic E-state index is 0.234. The second-order valence-electron chi connectivity index (χ2n) is 8.65. The van der Waals surface area contributed by atoms with Gasteiger partial charge in [-0.05, 0) is 69.2 Å². The number of hydrogen-bond donors (Lipinski definition) is 0. The Balaban J connectivity index is 1.78. The van der Waals surface area contributed by atoms with Gasteiger partial charge in [0.05, 0.1) is 34.8 Å². The second kappa shape index (κ2) is 9.76. The van der Waals surface area contributed by atoms with Crippen LogP contribution in [0.5, 0.6) is 0 Å². The molecule has 180 valence electrons. The van der Waals surface area contributed by atoms with E-state index in [0.717, 1.165) is 33.8 Å². The van der Waals surface area contributed by atoms with E-state index in [2.05, 4.69) is 0 Å². The van der Waals surface area contributed by atoms with E-state index in [1.54, 1.807) is 30.0 Å². The zero-order valence-electron chi connectivity index (χ0n) is 20.3. The molecule has 2 heterocycles. The van der Waals surface area contributed by atoms with Crippen molar-refractivity contribution in [2.45, 2.75) is 34.2 Å². The number of rotatable bonds is 5. The summed E-state index contributed by atoms with van der Waals surface area (Å²) < 4.78 is 7.07. The third kappa shape index (κ3) is 4.66. The van der Waals surface area contributed by atoms with Crippen molar-refractivity contribution < 1.29 is 14.3 Å². The highest BCUT2D eigenvalue weighted by molar-refractivity contribution is 6.42. The molecule has 1 amide bonds. The smallest absolute Gasteiger partial charge is 0.340 e. The van der Waals surface area contributed by atoms with Gasteiger partial charge in [0, 0.05) is 22.8 Å². The quantitative estimate of drug-likeness (QED) is 0.288. The molecule has 7 heteroatoms. The molecule has 0 spiro atoms. The van der Waals surface area contributed by atoms with Crippen LogP contribution in [0, 0.1) is 20.8 Å². The van der Waals surface area contributed by atoms with E-state index in [0.29, 0.717) is 27.9 Å². The van der Waals surface area contributed by atoms with Crippen molar-refractivity contribution in [2.24, 2.45) is 0 Å². The Morgan fingerprint density at radius 1 is 0.971 bits per heavy atom. The standard InChI is InChI=1S/C28H26Cl2N2O3/c1-16-6-8-20(9-7-16)15-31-19(4)26(28(34)35-5)23(27(31)33)13-21-12-17(2)32(18(21)3)22-10-11-24(29)25(30)14-22/h6-14H,15H2,1-5H3/b23-13-. The van der Waals surface area contributed by atoms with Crippen LogP contribution in [0.2, 0.25) is 10.0 Å². The summed E-state index contributed by atoms with van der Waals surface area (Å²) in [5, 5.41) is 0.939. The molecule has 2 aromatic carbocycles. The molecule has 0 radical (unpaired) electrons. The number of carbonyl (C=O) groups is 2. The number of nitrogens with zero attached hydrogens (tertiary/aromatic N) is 2. The number of ether oxygens (including phenoxy) is 1. The van der Waals surface area contributed by atoms with Gasteiger partial charge in [0.15, 0.2) is 0 Å². The molecule has 35 heavy (non-hydrogen) atoms. The Bertz CT molecular complexity index is 1400. The van der Waals surface area contributed by atoms with Crippen LogP contribution in [0.3, 0.4) is 0 Å². The molecule has 0 saturated heterocycles. The molecule has 0 unspecified atom stereocenters. The maximum absolute atomic E-state index is 13.5. The SMILES string of the molecule is COC(=O)C1=C(C)N(Cc2ccc(C)cc2)C(=O)/C1=C\c1cc(C)n(-c2ccc(Cl)c(Cl)c2)c1C. The van der Waals surface area contributed by atoms with Crippen LogP contribution in [0.4, 0.5) is 0 Å². The van der Waals surface area contributed by atoms with Gasteiger partial charge >= 0.3 is 5.97 Å². The number of carbonyl (C=O) groups excluding carboxylic acids is 2. The Labute approximate surface area is 215 Å². The van der Waals surface area contributed by atoms with E-state index >= 15 is 0 Å². The first kappa shape index (κ1) is 24.8. The summed E-state index contributed by atoms with van der Waals surface area (Å²) in [5.41, 5.74) is 6.83. The van der Waals surface area contributed by atoms with Gasteiger partial charge in [-0.3, -0.25) is 4.79 Å². The second-order valence-corrected chi connectivity index (χ2v) is 9.46. The van der Waals surface area contributed by atoms with E-state index in [1.165, 1.54) is 7.11 Å². The Kier molecular flexibility index (Phi) is 6.93. The molecule has 0 aliphatic carbocycles. The predicted octanol–water partition coefficient (Wildman–Crippen LogP) is 6.58. The maximum Gasteiger partial charge on any atom is 0.340 e. The van der Waals surface area contributed by atoms with Gasteiger partial charge in [0.2, 0.25) is 0 Å². The third-order valence-corrected chi connectivity index (χ3v) is 7.03. The van der Waals surface area contributed by atoms with Crippen LogP contribution in [0.1, 0.15) is 35.0 Å². The lowest BCUT2D eigenvalue weighted by Crippen LogP contribution is -2.24. The Morgan fingerprint density at radius 2 is 1.66 bits per heavy atom. The number of halogens is 2. The van der Waals surface area contributed by atoms with Gasteiger partial charge in [-0.15, -0.1) is 0 Å². The maximum atomic E-state index is 13.5. The van der Waals surface area contributed by atoms with Crippen molar-refractivity contribution >= 4 is 41.2 Å². The lowest BCUT2D eigenvalue weighted by Gasteiger charge is -2.18. The molecule has 0 bridgehead atoms. The molecule has 0 fully saturated rings. The van der Waals surface area contributed by atoms with E-state index in [-0.39, 0.29) is 11.5 Å². The fraction of sp³-hybridized carbons (Fsp3) is 0.214. The molecule has 5 nitrogen and oxygen atoms in total. The normalized spacial score (nSPS) is 14.9. The number of aryl methyl sites for hydroxylation is 2. The average Bonchev–Trinajstić information content (AvgIpc) is 3.23. The Hall–Kier alpha value is -3.28. The van der Waals surface area contributed by atoms with Gasteiger partial charge in [-0.2, -0.15) is 0 Å². The third-order valence-electron chi connectivity index (χ3n) is 6.29. The van der Waals surface area contributed by atoms with Crippen LogP contribution in [0.15, 0.2) is 65.4 Å². The summed E-state index contributed by atoms with van der Waals surface area (Å²) in [6.45, 7) is 8.09. The number of amides is 1. The van der Waals surface area contributed by atoms with Crippen LogP contribution >= 0.6 is 23.2 Å². The summed E-state index contributed by atoms with van der Waals surface area (Å²) >= 11 is 12.3. The van der Waals surface area contributed by atoms with Crippen molar-refractivity contribution in [3.05, 3.63) is 103 Å². The molecule has 4 rings (SSSR count). The zero-order valence-corrected chi connectivity index (χ0v) is 21.8. The number of aromatic nitrogens is 1. The van der Waals surface area contributed by atoms with Crippen LogP contribution in [-0.2, 0) is 20.9 Å². The van der Waals surface area contributed by atoms with Crippen LogP contribution in [-0.4, -0.2) is 28.5 Å². The molecular weight excluding hydrogens is 483 g/mol. The summed E-state index contributed by atoms with van der Waals surface area (Å²) in [4.78, 5) is 27.9. The molecule has 1 aromatic heterocycles. The number of esters is 1. The van der Waals surface area contributed by atoms with Gasteiger partial charge < -0.3 is 14.2 Å². The molecule has 0 saturated carbocycles. The molecule has 3 aromatic rings. The highest BCUT2D eigenvalue weighted by atomic mass is 35.5. The molecule has 0 N–H and O–H groups in total. The Morgan fingerprint density at radius 3 is 2.29 bits per heavy atom. The van der Waals surface area contributed by atoms with Crippen molar-refractivity contribution in [3.8, 4) is 5.69 Å². The van der Waals surface area contributed by atoms with Crippen molar-refractivity contribution in [1.82, 2.24) is 9.47 Å². The molecule has 0 atom stereocenters. The number of allylic oxidation sites excluding steroid dienone is 1. The minimum atomic E-state index is -0.535. The highest BCUT2D eigenvalue weighted by Gasteiger charge is 2.37. The lowest BCUT2D eigenvalue weighted by molar-refractivity contribution is -0.136. The largest absolute Gasteiger partial charge is 0.465 e. The van der Waals surface area contributed by atoms with Crippen molar-refractivity contribution in [1.29, 1.82) is 0 Å². The molecular formula is C28H26Cl2N2O3. The number of hydrogen-bond acceptors (Lipinski definition) is 3. The molecule has 1 aliphatic heterocycles. The molecule has 1 aliphatic rings. The van der Waals surface area contributed by atoms with E-state index in [4.69, 9.17) is 27.9 Å². The first-order valence-electron chi connectivity index (χ1n) is 11.2. The number of benzene rings is 2. The fourth-order valence-corrected chi connectivity index (χ4v) is 4.70. The van der Waals surface area contributed by atoms with Crippen molar-refractivity contribution in [3.63, 3.8) is 0 Å². The van der Waals surface area contributed by atoms with Gasteiger partial charge in [0.1, 0.15) is 0 Å². The average molecular weight is 509 g/mol. The highest BCUT2D eigenvalue weighted by Crippen LogP contribution is 2.34. The summed E-state index contributed by atoms with van der Waals surface area (Å²) in [6.07, 6.45) is 1.77. The first-order chi connectivity index (χ1) is 16.6. The summed E-state index contributed by atoms with van der Waals surface area (Å²) in [7, 11) is 1.32. The topological polar surface area (TPSA) is 51.5 Å². The van der Waals surface area contributed by atoms with Crippen molar-refractivity contribution in [2.75, 3.05) is 7.11 Å². The van der Waals surface area contributed by atoms with Crippen LogP contribution < -0.4 is 0 Å². The fourth-order valence-electron chi connectivity index (χ4n) is 4.41. The minimum Gasteiger partial charge on any atom is -0.465 e. The van der Waals surface area contributed by atoms with Gasteiger partial charge in [0.25, 0.3) is 5.91 Å². The van der Waals surface area contributed by atoms with Gasteiger partial charge in [-0.1, -0.05) is 53.0 Å². The predicted molar refractivity (Wildman–Crippen MR) is 140 cm³/mol. The van der Waals surface area contributed by atoms with Crippen LogP contribution in [0.25, 0.3) is 11.8 Å². The van der Waals surface area contributed by atoms with E-state index < -0.39 is 5.97 Å². The summed E-state index contributed by atoms with van der Waals surface area (Å²) in [6, 6.07) is 15.4. The van der Waals surface area contributed by atoms with E-state index in [9.17, 15) is 9.59 Å². The summed E-state index contributed by atoms with van der Waals surface area (Å²) in [5.74, 6) is -0.769. The first-order valence-corrected chi connectivity index (χ1v) is 11.9.